The summed E-state index contributed by atoms with van der Waals surface area (Å²) in [6, 6.07) is 9.36. The van der Waals surface area contributed by atoms with E-state index in [4.69, 9.17) is 0 Å². The average molecular weight is 362 g/mol. The van der Waals surface area contributed by atoms with Crippen molar-refractivity contribution >= 4 is 21.6 Å². The molecule has 8 heteroatoms. The first-order valence-electron chi connectivity index (χ1n) is 8.16. The van der Waals surface area contributed by atoms with Gasteiger partial charge in [-0.05, 0) is 13.8 Å². The number of aromatic nitrogens is 2. The molecule has 7 nitrogen and oxygen atoms in total. The van der Waals surface area contributed by atoms with Gasteiger partial charge in [0.1, 0.15) is 0 Å². The third kappa shape index (κ3) is 3.26. The largest absolute Gasteiger partial charge is 0.322 e. The summed E-state index contributed by atoms with van der Waals surface area (Å²) in [6.07, 6.45) is 1.60. The van der Waals surface area contributed by atoms with E-state index in [9.17, 15) is 13.2 Å². The van der Waals surface area contributed by atoms with E-state index in [1.165, 1.54) is 0 Å². The van der Waals surface area contributed by atoms with Gasteiger partial charge in [-0.2, -0.15) is 5.10 Å². The molecule has 2 unspecified atom stereocenters. The van der Waals surface area contributed by atoms with Crippen LogP contribution in [0, 0.1) is 0 Å². The maximum absolute atomic E-state index is 12.6. The van der Waals surface area contributed by atoms with Gasteiger partial charge < -0.3 is 10.2 Å². The number of sulfone groups is 1. The molecule has 2 aromatic rings. The summed E-state index contributed by atoms with van der Waals surface area (Å²) in [4.78, 5) is 14.2. The second-order valence-electron chi connectivity index (χ2n) is 6.44. The average Bonchev–Trinajstić information content (AvgIpc) is 2.93. The molecule has 1 aromatic carbocycles. The first-order valence-corrected chi connectivity index (χ1v) is 9.77. The number of carbonyl (C=O) groups is 1. The Labute approximate surface area is 147 Å². The summed E-state index contributed by atoms with van der Waals surface area (Å²) >= 11 is 0. The fourth-order valence-electron chi connectivity index (χ4n) is 3.13. The summed E-state index contributed by atoms with van der Waals surface area (Å²) in [5.41, 5.74) is 2.35. The molecule has 1 fully saturated rings. The summed E-state index contributed by atoms with van der Waals surface area (Å²) in [5.74, 6) is 0. The third-order valence-electron chi connectivity index (χ3n) is 4.59. The van der Waals surface area contributed by atoms with Gasteiger partial charge in [0, 0.05) is 25.7 Å². The predicted molar refractivity (Wildman–Crippen MR) is 97.1 cm³/mol. The van der Waals surface area contributed by atoms with E-state index in [0.29, 0.717) is 5.69 Å². The van der Waals surface area contributed by atoms with Gasteiger partial charge in [0.15, 0.2) is 9.84 Å². The monoisotopic (exact) mass is 362 g/mol. The van der Waals surface area contributed by atoms with Crippen molar-refractivity contribution in [2.24, 2.45) is 7.05 Å². The van der Waals surface area contributed by atoms with Gasteiger partial charge in [-0.3, -0.25) is 4.68 Å². The zero-order valence-corrected chi connectivity index (χ0v) is 15.3. The van der Waals surface area contributed by atoms with Crippen molar-refractivity contribution in [2.45, 2.75) is 24.3 Å². The Kier molecular flexibility index (Phi) is 4.55. The lowest BCUT2D eigenvalue weighted by molar-refractivity contribution is 0.209. The molecule has 0 aliphatic carbocycles. The molecular formula is C17H22N4O3S. The first-order chi connectivity index (χ1) is 11.8. The lowest BCUT2D eigenvalue weighted by Gasteiger charge is -2.34. The van der Waals surface area contributed by atoms with E-state index in [-0.39, 0.29) is 19.1 Å². The van der Waals surface area contributed by atoms with Crippen LogP contribution in [0.5, 0.6) is 0 Å². The Morgan fingerprint density at radius 1 is 1.16 bits per heavy atom. The highest BCUT2D eigenvalue weighted by Crippen LogP contribution is 2.28. The quantitative estimate of drug-likeness (QED) is 0.887. The van der Waals surface area contributed by atoms with Crippen molar-refractivity contribution in [3.63, 3.8) is 0 Å². The highest BCUT2D eigenvalue weighted by atomic mass is 32.2. The van der Waals surface area contributed by atoms with Crippen molar-refractivity contribution in [1.82, 2.24) is 14.7 Å². The minimum Gasteiger partial charge on any atom is -0.322 e. The fraction of sp³-hybridized carbons (Fsp3) is 0.412. The SMILES string of the molecule is CC1CN(C(=O)Nc2cnn(C)c2-c2ccccc2)CC(C)S1(=O)=O. The van der Waals surface area contributed by atoms with Crippen LogP contribution >= 0.6 is 0 Å². The molecule has 2 heterocycles. The highest BCUT2D eigenvalue weighted by Gasteiger charge is 2.37. The number of amides is 2. The number of carbonyl (C=O) groups excluding carboxylic acids is 1. The zero-order chi connectivity index (χ0) is 18.2. The van der Waals surface area contributed by atoms with E-state index in [1.54, 1.807) is 29.6 Å². The predicted octanol–water partition coefficient (Wildman–Crippen LogP) is 2.13. The molecule has 3 rings (SSSR count). The van der Waals surface area contributed by atoms with Crippen LogP contribution in [-0.4, -0.2) is 52.7 Å². The molecule has 1 N–H and O–H groups in total. The summed E-state index contributed by atoms with van der Waals surface area (Å²) in [7, 11) is -1.35. The van der Waals surface area contributed by atoms with Gasteiger partial charge in [0.25, 0.3) is 0 Å². The summed E-state index contributed by atoms with van der Waals surface area (Å²) < 4.78 is 25.9. The minimum absolute atomic E-state index is 0.194. The molecule has 2 atom stereocenters. The molecule has 1 saturated heterocycles. The maximum atomic E-state index is 12.6. The molecule has 0 saturated carbocycles. The van der Waals surface area contributed by atoms with E-state index >= 15 is 0 Å². The number of hydrogen-bond donors (Lipinski definition) is 1. The number of hydrogen-bond acceptors (Lipinski definition) is 4. The normalized spacial score (nSPS) is 22.6. The van der Waals surface area contributed by atoms with E-state index < -0.39 is 20.3 Å². The van der Waals surface area contributed by atoms with Crippen LogP contribution in [0.2, 0.25) is 0 Å². The highest BCUT2D eigenvalue weighted by molar-refractivity contribution is 7.92. The number of rotatable bonds is 2. The number of aryl methyl sites for hydroxylation is 1. The number of nitrogens with zero attached hydrogens (tertiary/aromatic N) is 3. The van der Waals surface area contributed by atoms with E-state index in [2.05, 4.69) is 10.4 Å². The van der Waals surface area contributed by atoms with Crippen molar-refractivity contribution in [2.75, 3.05) is 18.4 Å². The van der Waals surface area contributed by atoms with Crippen LogP contribution < -0.4 is 5.32 Å². The molecule has 25 heavy (non-hydrogen) atoms. The van der Waals surface area contributed by atoms with Crippen LogP contribution in [0.25, 0.3) is 11.3 Å². The van der Waals surface area contributed by atoms with Crippen molar-refractivity contribution in [3.05, 3.63) is 36.5 Å². The van der Waals surface area contributed by atoms with Crippen LogP contribution in [-0.2, 0) is 16.9 Å². The molecule has 0 spiro atoms. The van der Waals surface area contributed by atoms with Crippen molar-refractivity contribution < 1.29 is 13.2 Å². The van der Waals surface area contributed by atoms with Crippen molar-refractivity contribution in [1.29, 1.82) is 0 Å². The number of urea groups is 1. The standard InChI is InChI=1S/C17H22N4O3S/c1-12-10-21(11-13(2)25(12,23)24)17(22)19-15-9-18-20(3)16(15)14-7-5-4-6-8-14/h4-9,12-13H,10-11H2,1-3H3,(H,19,22). The van der Waals surface area contributed by atoms with Gasteiger partial charge in [0.05, 0.1) is 28.1 Å². The number of nitrogens with one attached hydrogen (secondary N) is 1. The molecule has 2 amide bonds. The van der Waals surface area contributed by atoms with Gasteiger partial charge in [-0.25, -0.2) is 13.2 Å². The Bertz CT molecular complexity index is 859. The van der Waals surface area contributed by atoms with Gasteiger partial charge >= 0.3 is 6.03 Å². The van der Waals surface area contributed by atoms with E-state index in [0.717, 1.165) is 11.3 Å². The molecule has 134 valence electrons. The molecular weight excluding hydrogens is 340 g/mol. The van der Waals surface area contributed by atoms with E-state index in [1.807, 2.05) is 37.4 Å². The lowest BCUT2D eigenvalue weighted by Crippen LogP contribution is -2.53. The zero-order valence-electron chi connectivity index (χ0n) is 14.5. The summed E-state index contributed by atoms with van der Waals surface area (Å²) in [6.45, 7) is 3.67. The fourth-order valence-corrected chi connectivity index (χ4v) is 4.70. The van der Waals surface area contributed by atoms with Gasteiger partial charge in [0.2, 0.25) is 0 Å². The molecule has 1 aromatic heterocycles. The topological polar surface area (TPSA) is 84.3 Å². The second kappa shape index (κ2) is 6.51. The van der Waals surface area contributed by atoms with Crippen LogP contribution in [0.1, 0.15) is 13.8 Å². The van der Waals surface area contributed by atoms with Gasteiger partial charge in [-0.15, -0.1) is 0 Å². The van der Waals surface area contributed by atoms with Crippen molar-refractivity contribution in [3.8, 4) is 11.3 Å². The minimum atomic E-state index is -3.16. The second-order valence-corrected chi connectivity index (χ2v) is 9.23. The molecule has 0 bridgehead atoms. The number of anilines is 1. The van der Waals surface area contributed by atoms with Gasteiger partial charge in [-0.1, -0.05) is 30.3 Å². The Balaban J connectivity index is 1.81. The van der Waals surface area contributed by atoms with Crippen LogP contribution in [0.15, 0.2) is 36.5 Å². The lowest BCUT2D eigenvalue weighted by atomic mass is 10.1. The molecule has 0 radical (unpaired) electrons. The van der Waals surface area contributed by atoms with Crippen LogP contribution in [0.3, 0.4) is 0 Å². The smallest absolute Gasteiger partial charge is 0.322 e. The first kappa shape index (κ1) is 17.5. The maximum Gasteiger partial charge on any atom is 0.322 e. The molecule has 1 aliphatic rings. The Morgan fingerprint density at radius 2 is 1.76 bits per heavy atom. The van der Waals surface area contributed by atoms with Crippen LogP contribution in [0.4, 0.5) is 10.5 Å². The Hall–Kier alpha value is -2.35. The Morgan fingerprint density at radius 3 is 2.36 bits per heavy atom. The number of benzene rings is 1. The summed E-state index contributed by atoms with van der Waals surface area (Å²) in [5, 5.41) is 5.98. The molecule has 1 aliphatic heterocycles. The third-order valence-corrected chi connectivity index (χ3v) is 7.13.